The van der Waals surface area contributed by atoms with Crippen molar-refractivity contribution >= 4 is 12.1 Å². The number of carbonyl (C=O) groups excluding carboxylic acids is 2. The Morgan fingerprint density at radius 1 is 0.750 bits per heavy atom. The molecule has 0 aromatic carbocycles. The van der Waals surface area contributed by atoms with Gasteiger partial charge in [0.1, 0.15) is 49.3 Å². The first-order chi connectivity index (χ1) is 11.1. The van der Waals surface area contributed by atoms with Crippen molar-refractivity contribution in [1.29, 1.82) is 0 Å². The van der Waals surface area contributed by atoms with Crippen LogP contribution in [0.4, 0.5) is 0 Å². The minimum absolute atomic E-state index is 0.0258. The largest absolute Gasteiger partial charge is 0.394 e. The van der Waals surface area contributed by atoms with Crippen LogP contribution in [0.3, 0.4) is 0 Å². The van der Waals surface area contributed by atoms with Gasteiger partial charge in [0.25, 0.3) is 0 Å². The van der Waals surface area contributed by atoms with E-state index in [-0.39, 0.29) is 6.29 Å². The van der Waals surface area contributed by atoms with Crippen molar-refractivity contribution in [2.45, 2.75) is 42.7 Å². The van der Waals surface area contributed by atoms with E-state index in [1.54, 1.807) is 0 Å². The van der Waals surface area contributed by atoms with Crippen LogP contribution in [0.25, 0.3) is 0 Å². The molecule has 0 radical (unpaired) electrons. The Bertz CT molecular complexity index is 351. The van der Waals surface area contributed by atoms with Crippen molar-refractivity contribution < 1.29 is 60.7 Å². The number of carbonyl (C=O) groups is 2. The summed E-state index contributed by atoms with van der Waals surface area (Å²) in [5.41, 5.74) is 0. The molecule has 0 saturated carbocycles. The molecular weight excluding hydrogens is 336 g/mol. The predicted molar refractivity (Wildman–Crippen MR) is 74.4 cm³/mol. The molecule has 0 aromatic heterocycles. The maximum atomic E-state index is 10.5. The fourth-order valence-corrected chi connectivity index (χ4v) is 1.22. The van der Waals surface area contributed by atoms with Gasteiger partial charge in [-0.1, -0.05) is 0 Å². The molecule has 12 nitrogen and oxygen atoms in total. The van der Waals surface area contributed by atoms with Crippen LogP contribution in [0.5, 0.6) is 0 Å². The highest BCUT2D eigenvalue weighted by molar-refractivity contribution is 5.84. The summed E-state index contributed by atoms with van der Waals surface area (Å²) in [4.78, 5) is 20.4. The lowest BCUT2D eigenvalue weighted by atomic mass is 10.0. The van der Waals surface area contributed by atoms with E-state index in [1.165, 1.54) is 0 Å². The first kappa shape index (κ1) is 25.2. The van der Waals surface area contributed by atoms with E-state index in [0.717, 1.165) is 0 Å². The maximum absolute atomic E-state index is 10.5. The van der Waals surface area contributed by atoms with E-state index >= 15 is 0 Å². The average molecular weight is 360 g/mol. The number of Topliss-reactive ketones (excluding diaryl/α,β-unsaturated/α-hetero) is 1. The van der Waals surface area contributed by atoms with Crippen molar-refractivity contribution in [3.05, 3.63) is 0 Å². The standard InChI is InChI=1S/2C6H12O6/c2*7-1-3(9)5(11)6(12)4(10)2-8/h3,5-9,11-12H,1-2H2;1,3-6,8-12H,2H2/t3-,5+,6+;3-,4+,5+,6-/m00/s1. The Hall–Kier alpha value is -1.06. The second-order valence-corrected chi connectivity index (χ2v) is 4.67. The van der Waals surface area contributed by atoms with Crippen molar-refractivity contribution in [2.24, 2.45) is 0 Å². The van der Waals surface area contributed by atoms with Gasteiger partial charge in [0.2, 0.25) is 0 Å². The highest BCUT2D eigenvalue weighted by Gasteiger charge is 2.30. The van der Waals surface area contributed by atoms with E-state index in [9.17, 15) is 9.59 Å². The molecule has 144 valence electrons. The third kappa shape index (κ3) is 8.70. The molecule has 0 amide bonds. The van der Waals surface area contributed by atoms with Gasteiger partial charge in [-0.25, -0.2) is 0 Å². The van der Waals surface area contributed by atoms with E-state index < -0.39 is 68.3 Å². The Morgan fingerprint density at radius 3 is 1.50 bits per heavy atom. The van der Waals surface area contributed by atoms with E-state index in [4.69, 9.17) is 51.1 Å². The molecule has 0 heterocycles. The summed E-state index contributed by atoms with van der Waals surface area (Å²) in [6, 6.07) is 0. The lowest BCUT2D eigenvalue weighted by Gasteiger charge is -2.22. The van der Waals surface area contributed by atoms with Gasteiger partial charge in [-0.05, 0) is 0 Å². The SMILES string of the molecule is O=C(CO)[C@@H](O)[C@H](O)[C@@H](O)CO.O=C[C@H](O)[C@@H](O)[C@@H](O)[C@H](O)CO. The van der Waals surface area contributed by atoms with Gasteiger partial charge in [0.15, 0.2) is 12.1 Å². The zero-order chi connectivity index (χ0) is 19.4. The summed E-state index contributed by atoms with van der Waals surface area (Å²) >= 11 is 0. The molecule has 0 aliphatic rings. The molecule has 10 N–H and O–H groups in total. The number of rotatable bonds is 10. The molecular formula is C12H24O12. The first-order valence-electron chi connectivity index (χ1n) is 6.65. The number of aliphatic hydroxyl groups is 10. The summed E-state index contributed by atoms with van der Waals surface area (Å²) in [7, 11) is 0. The molecule has 0 saturated heterocycles. The van der Waals surface area contributed by atoms with Gasteiger partial charge in [0.05, 0.1) is 13.2 Å². The number of hydrogen-bond acceptors (Lipinski definition) is 12. The third-order valence-electron chi connectivity index (χ3n) is 2.81. The van der Waals surface area contributed by atoms with Gasteiger partial charge in [-0.3, -0.25) is 4.79 Å². The Labute approximate surface area is 136 Å². The molecule has 7 atom stereocenters. The lowest BCUT2D eigenvalue weighted by molar-refractivity contribution is -0.142. The molecule has 0 aliphatic carbocycles. The fourth-order valence-electron chi connectivity index (χ4n) is 1.22. The highest BCUT2D eigenvalue weighted by Crippen LogP contribution is 2.03. The molecule has 0 unspecified atom stereocenters. The quantitative estimate of drug-likeness (QED) is 0.164. The molecule has 24 heavy (non-hydrogen) atoms. The minimum atomic E-state index is -1.86. The molecule has 0 aliphatic heterocycles. The smallest absolute Gasteiger partial charge is 0.189 e. The van der Waals surface area contributed by atoms with Crippen molar-refractivity contribution in [1.82, 2.24) is 0 Å². The van der Waals surface area contributed by atoms with Crippen LogP contribution in [-0.2, 0) is 9.59 Å². The van der Waals surface area contributed by atoms with Crippen molar-refractivity contribution in [2.75, 3.05) is 19.8 Å². The van der Waals surface area contributed by atoms with Crippen LogP contribution in [0.2, 0.25) is 0 Å². The molecule has 0 rings (SSSR count). The molecule has 0 spiro atoms. The lowest BCUT2D eigenvalue weighted by Crippen LogP contribution is -2.46. The fraction of sp³-hybridized carbons (Fsp3) is 0.833. The number of ketones is 1. The third-order valence-corrected chi connectivity index (χ3v) is 2.81. The summed E-state index contributed by atoms with van der Waals surface area (Å²) in [6.07, 6.45) is -12.1. The van der Waals surface area contributed by atoms with Crippen molar-refractivity contribution in [3.8, 4) is 0 Å². The number of aliphatic hydroxyl groups excluding tert-OH is 10. The molecule has 0 bridgehead atoms. The van der Waals surface area contributed by atoms with Gasteiger partial charge < -0.3 is 55.9 Å². The van der Waals surface area contributed by atoms with Gasteiger partial charge in [0, 0.05) is 0 Å². The number of hydrogen-bond donors (Lipinski definition) is 10. The highest BCUT2D eigenvalue weighted by atomic mass is 16.4. The van der Waals surface area contributed by atoms with E-state index in [1.807, 2.05) is 0 Å². The second-order valence-electron chi connectivity index (χ2n) is 4.67. The van der Waals surface area contributed by atoms with Crippen LogP contribution < -0.4 is 0 Å². The van der Waals surface area contributed by atoms with Crippen LogP contribution in [0, 0.1) is 0 Å². The number of aldehydes is 1. The zero-order valence-electron chi connectivity index (χ0n) is 12.5. The molecule has 12 heteroatoms. The summed E-state index contributed by atoms with van der Waals surface area (Å²) in [5, 5.41) is 86.6. The van der Waals surface area contributed by atoms with E-state index in [2.05, 4.69) is 0 Å². The van der Waals surface area contributed by atoms with Crippen LogP contribution in [0.1, 0.15) is 0 Å². The second kappa shape index (κ2) is 13.3. The maximum Gasteiger partial charge on any atom is 0.189 e. The predicted octanol–water partition coefficient (Wildman–Crippen LogP) is -6.76. The van der Waals surface area contributed by atoms with Crippen LogP contribution >= 0.6 is 0 Å². The van der Waals surface area contributed by atoms with Crippen LogP contribution in [-0.4, -0.2) is 126 Å². The van der Waals surface area contributed by atoms with Crippen molar-refractivity contribution in [3.63, 3.8) is 0 Å². The molecule has 0 fully saturated rings. The van der Waals surface area contributed by atoms with Gasteiger partial charge in [-0.15, -0.1) is 0 Å². The first-order valence-corrected chi connectivity index (χ1v) is 6.65. The summed E-state index contributed by atoms with van der Waals surface area (Å²) in [6.45, 7) is -2.45. The monoisotopic (exact) mass is 360 g/mol. The zero-order valence-corrected chi connectivity index (χ0v) is 12.5. The van der Waals surface area contributed by atoms with Crippen LogP contribution in [0.15, 0.2) is 0 Å². The summed E-state index contributed by atoms with van der Waals surface area (Å²) in [5.74, 6) is -1.00. The molecule has 0 aromatic rings. The summed E-state index contributed by atoms with van der Waals surface area (Å²) < 4.78 is 0. The Morgan fingerprint density at radius 2 is 1.17 bits per heavy atom. The topological polar surface area (TPSA) is 236 Å². The Kier molecular flexibility index (Phi) is 13.9. The minimum Gasteiger partial charge on any atom is -0.394 e. The van der Waals surface area contributed by atoms with E-state index in [0.29, 0.717) is 0 Å². The average Bonchev–Trinajstić information content (AvgIpc) is 2.62. The normalized spacial score (nSPS) is 19.8. The van der Waals surface area contributed by atoms with Gasteiger partial charge >= 0.3 is 0 Å². The Balaban J connectivity index is 0. The van der Waals surface area contributed by atoms with Gasteiger partial charge in [-0.2, -0.15) is 0 Å².